The van der Waals surface area contributed by atoms with Gasteiger partial charge in [-0.3, -0.25) is 4.99 Å². The number of rotatable bonds is 6. The molecule has 1 aliphatic heterocycles. The molecule has 0 radical (unpaired) electrons. The van der Waals surface area contributed by atoms with Crippen molar-refractivity contribution in [3.8, 4) is 17.3 Å². The van der Waals surface area contributed by atoms with Gasteiger partial charge in [0, 0.05) is 30.5 Å². The lowest BCUT2D eigenvalue weighted by molar-refractivity contribution is 0.0663. The lowest BCUT2D eigenvalue weighted by atomic mass is 9.93. The van der Waals surface area contributed by atoms with Crippen molar-refractivity contribution in [2.24, 2.45) is 4.99 Å². The molecule has 0 amide bonds. The molecule has 6 rings (SSSR count). The molecule has 210 valence electrons. The number of benzene rings is 2. The number of fused-ring (bicyclic) bond motifs is 2. The van der Waals surface area contributed by atoms with Crippen molar-refractivity contribution >= 4 is 51.3 Å². The van der Waals surface area contributed by atoms with Crippen LogP contribution in [0.15, 0.2) is 88.0 Å². The van der Waals surface area contributed by atoms with Gasteiger partial charge in [-0.15, -0.1) is 0 Å². The summed E-state index contributed by atoms with van der Waals surface area (Å²) in [5, 5.41) is 5.51. The summed E-state index contributed by atoms with van der Waals surface area (Å²) >= 11 is 13.0. The Labute approximate surface area is 249 Å². The Balaban J connectivity index is 1.59. The van der Waals surface area contributed by atoms with Gasteiger partial charge in [0.1, 0.15) is 5.69 Å². The van der Waals surface area contributed by atoms with E-state index in [-0.39, 0.29) is 6.04 Å². The van der Waals surface area contributed by atoms with Gasteiger partial charge in [0.2, 0.25) is 5.88 Å². The van der Waals surface area contributed by atoms with E-state index in [0.717, 1.165) is 70.5 Å². The van der Waals surface area contributed by atoms with Crippen molar-refractivity contribution in [1.29, 1.82) is 0 Å². The second-order valence-corrected chi connectivity index (χ2v) is 11.1. The van der Waals surface area contributed by atoms with Crippen molar-refractivity contribution in [1.82, 2.24) is 14.5 Å². The van der Waals surface area contributed by atoms with E-state index in [2.05, 4.69) is 39.1 Å². The second-order valence-electron chi connectivity index (χ2n) is 10.2. The summed E-state index contributed by atoms with van der Waals surface area (Å²) < 4.78 is 13.3. The number of para-hydroxylation sites is 2. The fourth-order valence-corrected chi connectivity index (χ4v) is 5.84. The fourth-order valence-electron chi connectivity index (χ4n) is 5.50. The zero-order chi connectivity index (χ0) is 28.3. The Morgan fingerprint density at radius 2 is 1.83 bits per heavy atom. The van der Waals surface area contributed by atoms with Crippen LogP contribution in [0.3, 0.4) is 0 Å². The number of hydrogen-bond acceptors (Lipinski definition) is 6. The van der Waals surface area contributed by atoms with Crippen LogP contribution in [-0.4, -0.2) is 40.9 Å². The van der Waals surface area contributed by atoms with E-state index in [0.29, 0.717) is 28.5 Å². The van der Waals surface area contributed by atoms with Crippen molar-refractivity contribution in [2.45, 2.75) is 44.2 Å². The third kappa shape index (κ3) is 5.75. The maximum absolute atomic E-state index is 6.59. The fraction of sp³-hybridized carbons (Fsp3) is 0.281. The number of methoxy groups -OCH3 is 2. The van der Waals surface area contributed by atoms with Crippen molar-refractivity contribution in [3.05, 3.63) is 88.4 Å². The number of nitrogens with one attached hydrogen (secondary N) is 1. The third-order valence-corrected chi connectivity index (χ3v) is 8.40. The number of hydrogen-bond donors (Lipinski definition) is 1. The highest BCUT2D eigenvalue weighted by molar-refractivity contribution is 6.40. The summed E-state index contributed by atoms with van der Waals surface area (Å²) in [6.45, 7) is 0. The van der Waals surface area contributed by atoms with E-state index < -0.39 is 0 Å². The van der Waals surface area contributed by atoms with Crippen LogP contribution < -0.4 is 15.4 Å². The quantitative estimate of drug-likeness (QED) is 0.235. The summed E-state index contributed by atoms with van der Waals surface area (Å²) in [5.74, 6) is 0.507. The van der Waals surface area contributed by atoms with Gasteiger partial charge < -0.3 is 19.4 Å². The van der Waals surface area contributed by atoms with Crippen LogP contribution in [-0.2, 0) is 4.74 Å². The Hall–Kier alpha value is -3.65. The second kappa shape index (κ2) is 12.1. The van der Waals surface area contributed by atoms with Gasteiger partial charge >= 0.3 is 0 Å². The predicted octanol–water partition coefficient (Wildman–Crippen LogP) is 7.64. The SMILES string of the molecule is COc1ncccc1Nc1cc2nc3ccccc3n(C3=CC(Cl)=C(Cl)CC=C3)c-2cc1=NC1CCC(OC)CC1. The van der Waals surface area contributed by atoms with Gasteiger partial charge in [-0.2, -0.15) is 0 Å². The molecule has 1 aromatic heterocycles. The molecule has 4 aliphatic rings. The van der Waals surface area contributed by atoms with Gasteiger partial charge in [0.25, 0.3) is 0 Å². The van der Waals surface area contributed by atoms with E-state index in [1.165, 1.54) is 0 Å². The molecular weight excluding hydrogens is 557 g/mol. The summed E-state index contributed by atoms with van der Waals surface area (Å²) in [5.41, 5.74) is 6.02. The van der Waals surface area contributed by atoms with Gasteiger partial charge in [0.05, 0.1) is 57.8 Å². The molecule has 0 bridgehead atoms. The maximum atomic E-state index is 6.59. The number of ether oxygens (including phenoxy) is 2. The first kappa shape index (κ1) is 27.5. The molecule has 2 heterocycles. The Kier molecular flexibility index (Phi) is 8.10. The average molecular weight is 589 g/mol. The highest BCUT2D eigenvalue weighted by atomic mass is 35.5. The molecule has 1 N–H and O–H groups in total. The molecule has 3 aliphatic carbocycles. The summed E-state index contributed by atoms with van der Waals surface area (Å²) in [6, 6.07) is 16.3. The molecule has 0 atom stereocenters. The summed E-state index contributed by atoms with van der Waals surface area (Å²) in [7, 11) is 3.40. The van der Waals surface area contributed by atoms with Crippen LogP contribution in [0.25, 0.3) is 28.1 Å². The van der Waals surface area contributed by atoms with Crippen LogP contribution in [0.4, 0.5) is 11.4 Å². The van der Waals surface area contributed by atoms with E-state index >= 15 is 0 Å². The van der Waals surface area contributed by atoms with E-state index in [4.69, 9.17) is 42.7 Å². The molecule has 0 spiro atoms. The molecule has 2 aromatic rings. The van der Waals surface area contributed by atoms with Crippen LogP contribution >= 0.6 is 23.2 Å². The van der Waals surface area contributed by atoms with Crippen molar-refractivity contribution < 1.29 is 9.47 Å². The zero-order valence-electron chi connectivity index (χ0n) is 23.0. The number of aromatic nitrogens is 3. The highest BCUT2D eigenvalue weighted by Gasteiger charge is 2.22. The van der Waals surface area contributed by atoms with Gasteiger partial charge in [-0.1, -0.05) is 41.4 Å². The van der Waals surface area contributed by atoms with Crippen molar-refractivity contribution in [2.75, 3.05) is 19.5 Å². The first-order valence-electron chi connectivity index (χ1n) is 13.7. The summed E-state index contributed by atoms with van der Waals surface area (Å²) in [4.78, 5) is 14.7. The molecular formula is C32H31Cl2N5O2. The smallest absolute Gasteiger partial charge is 0.237 e. The topological polar surface area (TPSA) is 73.6 Å². The molecule has 0 saturated heterocycles. The molecule has 0 unspecified atom stereocenters. The average Bonchev–Trinajstić information content (AvgIpc) is 3.16. The van der Waals surface area contributed by atoms with E-state index in [1.807, 2.05) is 42.5 Å². The van der Waals surface area contributed by atoms with Crippen LogP contribution in [0.2, 0.25) is 0 Å². The summed E-state index contributed by atoms with van der Waals surface area (Å²) in [6.07, 6.45) is 12.5. The number of allylic oxidation sites excluding steroid dienone is 6. The number of pyridine rings is 1. The molecule has 1 fully saturated rings. The molecule has 9 heteroatoms. The number of nitrogens with zero attached hydrogens (tertiary/aromatic N) is 4. The Morgan fingerprint density at radius 1 is 1.00 bits per heavy atom. The zero-order valence-corrected chi connectivity index (χ0v) is 24.5. The normalized spacial score (nSPS) is 19.9. The van der Waals surface area contributed by atoms with Crippen LogP contribution in [0, 0.1) is 0 Å². The molecule has 41 heavy (non-hydrogen) atoms. The van der Waals surface area contributed by atoms with Crippen LogP contribution in [0.1, 0.15) is 32.1 Å². The third-order valence-electron chi connectivity index (χ3n) is 7.61. The Morgan fingerprint density at radius 3 is 2.63 bits per heavy atom. The maximum Gasteiger partial charge on any atom is 0.237 e. The van der Waals surface area contributed by atoms with Crippen LogP contribution in [0.5, 0.6) is 5.88 Å². The Bertz CT molecular complexity index is 1720. The number of halogens is 2. The first-order chi connectivity index (χ1) is 20.0. The first-order valence-corrected chi connectivity index (χ1v) is 14.5. The van der Waals surface area contributed by atoms with Gasteiger partial charge in [0.15, 0.2) is 0 Å². The van der Waals surface area contributed by atoms with E-state index in [1.54, 1.807) is 20.4 Å². The molecule has 1 saturated carbocycles. The minimum atomic E-state index is 0.185. The lowest BCUT2D eigenvalue weighted by Crippen LogP contribution is -2.25. The molecule has 7 nitrogen and oxygen atoms in total. The minimum absolute atomic E-state index is 0.185. The lowest BCUT2D eigenvalue weighted by Gasteiger charge is -2.25. The standard InChI is InChI=1S/C32H31Cl2N5O2/c1-40-22-14-12-20(13-15-22)36-28-19-31-29(18-27(28)38-26-10-6-16-35-32(26)41-2)37-25-9-3-4-11-30(25)39(31)21-7-5-8-23(33)24(34)17-21/h3-7,9-11,16-20,22,38H,8,12-15H2,1-2H3. The predicted molar refractivity (Wildman–Crippen MR) is 166 cm³/mol. The largest absolute Gasteiger partial charge is 0.480 e. The van der Waals surface area contributed by atoms with E-state index in [9.17, 15) is 0 Å². The van der Waals surface area contributed by atoms with Gasteiger partial charge in [-0.05, 0) is 74.2 Å². The van der Waals surface area contributed by atoms with Crippen molar-refractivity contribution in [3.63, 3.8) is 0 Å². The monoisotopic (exact) mass is 587 g/mol. The number of anilines is 2. The minimum Gasteiger partial charge on any atom is -0.480 e. The highest BCUT2D eigenvalue weighted by Crippen LogP contribution is 2.34. The molecule has 1 aromatic carbocycles. The van der Waals surface area contributed by atoms with Gasteiger partial charge in [-0.25, -0.2) is 9.97 Å².